The zero-order valence-corrected chi connectivity index (χ0v) is 11.8. The average Bonchev–Trinajstić information content (AvgIpc) is 2.41. The van der Waals surface area contributed by atoms with Crippen LogP contribution in [-0.4, -0.2) is 15.2 Å². The van der Waals surface area contributed by atoms with Crippen LogP contribution in [-0.2, 0) is 12.8 Å². The molecule has 0 amide bonds. The van der Waals surface area contributed by atoms with Gasteiger partial charge in [-0.25, -0.2) is 4.98 Å². The summed E-state index contributed by atoms with van der Waals surface area (Å²) in [5.41, 5.74) is 3.30. The molecule has 0 fully saturated rings. The fourth-order valence-electron chi connectivity index (χ4n) is 1.73. The van der Waals surface area contributed by atoms with Gasteiger partial charge in [-0.15, -0.1) is 5.10 Å². The molecular formula is C14H17N3S. The number of rotatable bonds is 4. The highest BCUT2D eigenvalue weighted by atomic mass is 32.2. The van der Waals surface area contributed by atoms with Crippen molar-refractivity contribution in [1.82, 2.24) is 15.2 Å². The van der Waals surface area contributed by atoms with E-state index in [1.54, 1.807) is 11.8 Å². The van der Waals surface area contributed by atoms with Gasteiger partial charge in [-0.2, -0.15) is 5.10 Å². The van der Waals surface area contributed by atoms with E-state index in [4.69, 9.17) is 0 Å². The molecule has 0 radical (unpaired) electrons. The first-order valence-electron chi connectivity index (χ1n) is 6.20. The molecule has 3 nitrogen and oxygen atoms in total. The molecule has 2 aromatic rings. The van der Waals surface area contributed by atoms with E-state index in [1.165, 1.54) is 10.5 Å². The van der Waals surface area contributed by atoms with Gasteiger partial charge in [-0.3, -0.25) is 0 Å². The van der Waals surface area contributed by atoms with Crippen LogP contribution in [0, 0.1) is 6.92 Å². The third-order valence-corrected chi connectivity index (χ3v) is 3.82. The molecule has 0 aliphatic carbocycles. The number of aryl methyl sites for hydroxylation is 3. The van der Waals surface area contributed by atoms with Gasteiger partial charge in [-0.05, 0) is 43.2 Å². The third-order valence-electron chi connectivity index (χ3n) is 2.78. The molecule has 1 heterocycles. The minimum absolute atomic E-state index is 0.735. The second-order valence-corrected chi connectivity index (χ2v) is 5.07. The first-order valence-corrected chi connectivity index (χ1v) is 7.02. The van der Waals surface area contributed by atoms with Crippen LogP contribution in [0.25, 0.3) is 0 Å². The summed E-state index contributed by atoms with van der Waals surface area (Å²) >= 11 is 1.58. The van der Waals surface area contributed by atoms with Crippen LogP contribution in [0.15, 0.2) is 34.3 Å². The average molecular weight is 259 g/mol. The van der Waals surface area contributed by atoms with Gasteiger partial charge >= 0.3 is 0 Å². The maximum Gasteiger partial charge on any atom is 0.214 e. The number of hydrogen-bond acceptors (Lipinski definition) is 4. The van der Waals surface area contributed by atoms with Crippen molar-refractivity contribution >= 4 is 11.8 Å². The number of aromatic nitrogens is 3. The fourth-order valence-corrected chi connectivity index (χ4v) is 2.54. The summed E-state index contributed by atoms with van der Waals surface area (Å²) < 4.78 is 0. The van der Waals surface area contributed by atoms with Crippen LogP contribution in [0.4, 0.5) is 0 Å². The Hall–Kier alpha value is -1.42. The molecular weight excluding hydrogens is 242 g/mol. The number of nitrogens with zero attached hydrogens (tertiary/aromatic N) is 3. The third kappa shape index (κ3) is 2.88. The molecule has 0 aliphatic rings. The second kappa shape index (κ2) is 5.96. The van der Waals surface area contributed by atoms with Crippen molar-refractivity contribution in [2.24, 2.45) is 0 Å². The highest BCUT2D eigenvalue weighted by Gasteiger charge is 2.08. The molecule has 2 rings (SSSR count). The van der Waals surface area contributed by atoms with Crippen LogP contribution in [0.1, 0.15) is 30.8 Å². The molecule has 94 valence electrons. The van der Waals surface area contributed by atoms with Crippen molar-refractivity contribution in [3.63, 3.8) is 0 Å². The molecule has 0 saturated carbocycles. The zero-order valence-electron chi connectivity index (χ0n) is 11.0. The first kappa shape index (κ1) is 13.0. The molecule has 0 N–H and O–H groups in total. The SMILES string of the molecule is CCc1nnc(Sc2ccccc2C)nc1CC. The molecule has 0 unspecified atom stereocenters. The van der Waals surface area contributed by atoms with Crippen molar-refractivity contribution in [3.8, 4) is 0 Å². The number of benzene rings is 1. The van der Waals surface area contributed by atoms with Crippen molar-refractivity contribution in [2.45, 2.75) is 43.7 Å². The van der Waals surface area contributed by atoms with Gasteiger partial charge < -0.3 is 0 Å². The van der Waals surface area contributed by atoms with Gasteiger partial charge in [0.15, 0.2) is 0 Å². The summed E-state index contributed by atoms with van der Waals surface area (Å²) in [4.78, 5) is 5.77. The fraction of sp³-hybridized carbons (Fsp3) is 0.357. The minimum atomic E-state index is 0.735. The van der Waals surface area contributed by atoms with Crippen LogP contribution in [0.2, 0.25) is 0 Å². The predicted molar refractivity (Wildman–Crippen MR) is 73.9 cm³/mol. The lowest BCUT2D eigenvalue weighted by molar-refractivity contribution is 0.745. The van der Waals surface area contributed by atoms with Crippen molar-refractivity contribution in [1.29, 1.82) is 0 Å². The largest absolute Gasteiger partial charge is 0.224 e. The lowest BCUT2D eigenvalue weighted by Crippen LogP contribution is -2.03. The monoisotopic (exact) mass is 259 g/mol. The zero-order chi connectivity index (χ0) is 13.0. The maximum atomic E-state index is 4.59. The standard InChI is InChI=1S/C14H17N3S/c1-4-11-12(5-2)16-17-14(15-11)18-13-9-7-6-8-10(13)3/h6-9H,4-5H2,1-3H3. The second-order valence-electron chi connectivity index (χ2n) is 4.06. The van der Waals surface area contributed by atoms with Gasteiger partial charge in [0.2, 0.25) is 5.16 Å². The van der Waals surface area contributed by atoms with Crippen LogP contribution in [0.3, 0.4) is 0 Å². The smallest absolute Gasteiger partial charge is 0.214 e. The van der Waals surface area contributed by atoms with Crippen LogP contribution < -0.4 is 0 Å². The van der Waals surface area contributed by atoms with Gasteiger partial charge in [0.25, 0.3) is 0 Å². The van der Waals surface area contributed by atoms with E-state index in [0.717, 1.165) is 29.4 Å². The first-order chi connectivity index (χ1) is 8.74. The van der Waals surface area contributed by atoms with Gasteiger partial charge in [0, 0.05) is 4.90 Å². The summed E-state index contributed by atoms with van der Waals surface area (Å²) in [6, 6.07) is 8.25. The van der Waals surface area contributed by atoms with Crippen molar-refractivity contribution < 1.29 is 0 Å². The van der Waals surface area contributed by atoms with E-state index < -0.39 is 0 Å². The Bertz CT molecular complexity index is 540. The molecule has 1 aromatic heterocycles. The minimum Gasteiger partial charge on any atom is -0.224 e. The molecule has 0 spiro atoms. The molecule has 0 aliphatic heterocycles. The Kier molecular flexibility index (Phi) is 4.31. The molecule has 0 atom stereocenters. The highest BCUT2D eigenvalue weighted by molar-refractivity contribution is 7.99. The lowest BCUT2D eigenvalue weighted by atomic mass is 10.2. The van der Waals surface area contributed by atoms with E-state index in [9.17, 15) is 0 Å². The van der Waals surface area contributed by atoms with E-state index in [0.29, 0.717) is 0 Å². The van der Waals surface area contributed by atoms with E-state index in [2.05, 4.69) is 48.1 Å². The number of hydrogen-bond donors (Lipinski definition) is 0. The Morgan fingerprint density at radius 1 is 1.00 bits per heavy atom. The normalized spacial score (nSPS) is 10.6. The van der Waals surface area contributed by atoms with Crippen molar-refractivity contribution in [2.75, 3.05) is 0 Å². The molecule has 0 bridgehead atoms. The van der Waals surface area contributed by atoms with E-state index >= 15 is 0 Å². The van der Waals surface area contributed by atoms with Crippen LogP contribution >= 0.6 is 11.8 Å². The van der Waals surface area contributed by atoms with Gasteiger partial charge in [-0.1, -0.05) is 32.0 Å². The van der Waals surface area contributed by atoms with Crippen molar-refractivity contribution in [3.05, 3.63) is 41.2 Å². The molecule has 0 saturated heterocycles. The maximum absolute atomic E-state index is 4.59. The Balaban J connectivity index is 2.27. The Morgan fingerprint density at radius 2 is 1.72 bits per heavy atom. The van der Waals surface area contributed by atoms with Crippen LogP contribution in [0.5, 0.6) is 0 Å². The van der Waals surface area contributed by atoms with Gasteiger partial charge in [0.1, 0.15) is 0 Å². The topological polar surface area (TPSA) is 38.7 Å². The molecule has 1 aromatic carbocycles. The van der Waals surface area contributed by atoms with E-state index in [-0.39, 0.29) is 0 Å². The predicted octanol–water partition coefficient (Wildman–Crippen LogP) is 3.46. The highest BCUT2D eigenvalue weighted by Crippen LogP contribution is 2.27. The quantitative estimate of drug-likeness (QED) is 0.843. The molecule has 18 heavy (non-hydrogen) atoms. The van der Waals surface area contributed by atoms with E-state index in [1.807, 2.05) is 12.1 Å². The summed E-state index contributed by atoms with van der Waals surface area (Å²) in [5, 5.41) is 9.19. The Morgan fingerprint density at radius 3 is 2.39 bits per heavy atom. The van der Waals surface area contributed by atoms with Gasteiger partial charge in [0.05, 0.1) is 11.4 Å². The molecule has 4 heteroatoms. The summed E-state index contributed by atoms with van der Waals surface area (Å²) in [7, 11) is 0. The Labute approximate surface area is 112 Å². The summed E-state index contributed by atoms with van der Waals surface area (Å²) in [6.45, 7) is 6.28. The summed E-state index contributed by atoms with van der Waals surface area (Å²) in [5.74, 6) is 0. The summed E-state index contributed by atoms with van der Waals surface area (Å²) in [6.07, 6.45) is 1.79. The lowest BCUT2D eigenvalue weighted by Gasteiger charge is -2.06.